The van der Waals surface area contributed by atoms with E-state index in [4.69, 9.17) is 21.6 Å². The molecular weight excluding hydrogens is 501 g/mol. The van der Waals surface area contributed by atoms with Gasteiger partial charge in [0, 0.05) is 28.6 Å². The Bertz CT molecular complexity index is 1750. The number of benzene rings is 1. The second-order valence-corrected chi connectivity index (χ2v) is 9.44. The van der Waals surface area contributed by atoms with E-state index in [2.05, 4.69) is 9.36 Å². The quantitative estimate of drug-likeness (QED) is 0.340. The number of nitriles is 1. The van der Waals surface area contributed by atoms with Gasteiger partial charge in [0.15, 0.2) is 11.6 Å². The van der Waals surface area contributed by atoms with Gasteiger partial charge in [-0.2, -0.15) is 9.64 Å². The second kappa shape index (κ2) is 8.64. The third kappa shape index (κ3) is 3.47. The number of methoxy groups -OCH3 is 1. The highest BCUT2D eigenvalue weighted by Gasteiger charge is 2.21. The van der Waals surface area contributed by atoms with Crippen LogP contribution >= 0.6 is 34.5 Å². The predicted octanol–water partition coefficient (Wildman–Crippen LogP) is 4.60. The first-order valence-electron chi connectivity index (χ1n) is 9.83. The smallest absolute Gasteiger partial charge is 0.336 e. The van der Waals surface area contributed by atoms with E-state index in [0.717, 1.165) is 33.5 Å². The minimum atomic E-state index is -0.615. The number of pyridine rings is 1. The summed E-state index contributed by atoms with van der Waals surface area (Å²) >= 11 is 8.57. The Morgan fingerprint density at radius 1 is 1.21 bits per heavy atom. The van der Waals surface area contributed by atoms with Gasteiger partial charge in [-0.15, -0.1) is 11.3 Å². The van der Waals surface area contributed by atoms with Crippen molar-refractivity contribution < 1.29 is 9.13 Å². The van der Waals surface area contributed by atoms with Crippen LogP contribution in [0.4, 0.5) is 4.39 Å². The SMILES string of the molecule is COc1cc(-c2cc3c(s2)c(=O)n(-c2cncc4cnsc24)c(=O)n3CCC#N)c(Cl)cc1F. The monoisotopic (exact) mass is 513 g/mol. The Hall–Kier alpha value is -3.59. The summed E-state index contributed by atoms with van der Waals surface area (Å²) in [5.41, 5.74) is 0.0156. The molecule has 0 saturated heterocycles. The fraction of sp³-hybridized carbons (Fsp3) is 0.136. The molecule has 5 rings (SSSR count). The summed E-state index contributed by atoms with van der Waals surface area (Å²) in [5, 5.41) is 9.97. The average molecular weight is 514 g/mol. The molecule has 1 aromatic carbocycles. The van der Waals surface area contributed by atoms with E-state index in [1.54, 1.807) is 18.5 Å². The van der Waals surface area contributed by atoms with Crippen molar-refractivity contribution in [3.8, 4) is 27.9 Å². The van der Waals surface area contributed by atoms with Gasteiger partial charge >= 0.3 is 5.69 Å². The molecule has 0 saturated carbocycles. The van der Waals surface area contributed by atoms with E-state index in [9.17, 15) is 14.0 Å². The molecule has 0 spiro atoms. The lowest BCUT2D eigenvalue weighted by Crippen LogP contribution is -2.38. The Kier molecular flexibility index (Phi) is 5.65. The van der Waals surface area contributed by atoms with Crippen molar-refractivity contribution in [3.63, 3.8) is 0 Å². The van der Waals surface area contributed by atoms with E-state index in [1.807, 2.05) is 6.07 Å². The molecular formula is C22H13ClFN5O3S2. The molecule has 12 heteroatoms. The van der Waals surface area contributed by atoms with Crippen LogP contribution in [0.3, 0.4) is 0 Å². The van der Waals surface area contributed by atoms with Crippen LogP contribution in [-0.4, -0.2) is 25.6 Å². The third-order valence-electron chi connectivity index (χ3n) is 5.26. The van der Waals surface area contributed by atoms with Crippen molar-refractivity contribution in [1.82, 2.24) is 18.5 Å². The van der Waals surface area contributed by atoms with Crippen LogP contribution in [0, 0.1) is 17.1 Å². The normalized spacial score (nSPS) is 11.2. The minimum Gasteiger partial charge on any atom is -0.494 e. The maximum atomic E-state index is 14.1. The molecule has 0 atom stereocenters. The summed E-state index contributed by atoms with van der Waals surface area (Å²) in [7, 11) is 1.34. The fourth-order valence-corrected chi connectivity index (χ4v) is 5.83. The highest BCUT2D eigenvalue weighted by molar-refractivity contribution is 7.22. The molecule has 0 fully saturated rings. The fourth-order valence-electron chi connectivity index (χ4n) is 3.68. The van der Waals surface area contributed by atoms with Crippen molar-refractivity contribution in [1.29, 1.82) is 5.26 Å². The molecule has 0 N–H and O–H groups in total. The minimum absolute atomic E-state index is 0.000847. The average Bonchev–Trinajstić information content (AvgIpc) is 3.47. The van der Waals surface area contributed by atoms with Crippen molar-refractivity contribution in [2.75, 3.05) is 7.11 Å². The van der Waals surface area contributed by atoms with Gasteiger partial charge in [0.25, 0.3) is 5.56 Å². The lowest BCUT2D eigenvalue weighted by Gasteiger charge is -2.11. The molecule has 5 aromatic rings. The summed E-state index contributed by atoms with van der Waals surface area (Å²) in [6, 6.07) is 6.26. The maximum absolute atomic E-state index is 14.1. The third-order valence-corrected chi connectivity index (χ3v) is 7.56. The van der Waals surface area contributed by atoms with Gasteiger partial charge in [-0.05, 0) is 29.7 Å². The molecule has 0 aliphatic carbocycles. The van der Waals surface area contributed by atoms with E-state index in [0.29, 0.717) is 31.7 Å². The molecule has 4 heterocycles. The summed E-state index contributed by atoms with van der Waals surface area (Å²) in [5.74, 6) is -0.616. The zero-order valence-electron chi connectivity index (χ0n) is 17.4. The summed E-state index contributed by atoms with van der Waals surface area (Å²) in [4.78, 5) is 31.8. The number of halogens is 2. The lowest BCUT2D eigenvalue weighted by molar-refractivity contribution is 0.387. The van der Waals surface area contributed by atoms with Gasteiger partial charge in [0.05, 0.1) is 52.9 Å². The molecule has 0 unspecified atom stereocenters. The van der Waals surface area contributed by atoms with Crippen LogP contribution in [0.5, 0.6) is 5.75 Å². The molecule has 0 bridgehead atoms. The lowest BCUT2D eigenvalue weighted by atomic mass is 10.1. The van der Waals surface area contributed by atoms with Crippen LogP contribution in [0.2, 0.25) is 5.02 Å². The van der Waals surface area contributed by atoms with Crippen LogP contribution in [0.1, 0.15) is 6.42 Å². The zero-order chi connectivity index (χ0) is 24.0. The van der Waals surface area contributed by atoms with Crippen LogP contribution in [-0.2, 0) is 6.54 Å². The van der Waals surface area contributed by atoms with E-state index in [-0.39, 0.29) is 28.4 Å². The molecule has 8 nitrogen and oxygen atoms in total. The van der Waals surface area contributed by atoms with Crippen molar-refractivity contribution in [2.45, 2.75) is 13.0 Å². The maximum Gasteiger partial charge on any atom is 0.336 e. The number of aromatic nitrogens is 4. The summed E-state index contributed by atoms with van der Waals surface area (Å²) in [6.45, 7) is 0.0782. The Morgan fingerprint density at radius 2 is 2.03 bits per heavy atom. The highest BCUT2D eigenvalue weighted by atomic mass is 35.5. The molecule has 0 radical (unpaired) electrons. The van der Waals surface area contributed by atoms with Gasteiger partial charge in [-0.25, -0.2) is 13.8 Å². The molecule has 0 amide bonds. The van der Waals surface area contributed by atoms with Gasteiger partial charge in [0.2, 0.25) is 0 Å². The second-order valence-electron chi connectivity index (χ2n) is 7.18. The van der Waals surface area contributed by atoms with E-state index < -0.39 is 17.1 Å². The Balaban J connectivity index is 1.84. The number of fused-ring (bicyclic) bond motifs is 2. The van der Waals surface area contributed by atoms with Gasteiger partial charge in [-0.3, -0.25) is 14.3 Å². The predicted molar refractivity (Wildman–Crippen MR) is 130 cm³/mol. The van der Waals surface area contributed by atoms with Crippen LogP contribution in [0.15, 0.2) is 46.4 Å². The number of rotatable bonds is 5. The number of nitrogens with zero attached hydrogens (tertiary/aromatic N) is 5. The highest BCUT2D eigenvalue weighted by Crippen LogP contribution is 2.39. The number of thiophene rings is 1. The Morgan fingerprint density at radius 3 is 2.79 bits per heavy atom. The first kappa shape index (κ1) is 22.2. The van der Waals surface area contributed by atoms with Crippen molar-refractivity contribution in [2.24, 2.45) is 0 Å². The standard InChI is InChI=1S/C22H13ClFN5O3S2/c1-32-17-5-12(13(23)6-14(17)24)18-7-15-20(33-18)21(30)29(22(31)28(15)4-2-3-25)16-10-26-8-11-9-27-34-19(11)16/h5-10H,2,4H2,1H3. The van der Waals surface area contributed by atoms with Gasteiger partial charge in [-0.1, -0.05) is 11.6 Å². The number of ether oxygens (including phenoxy) is 1. The molecule has 4 aromatic heterocycles. The van der Waals surface area contributed by atoms with Crippen molar-refractivity contribution >= 4 is 54.8 Å². The molecule has 0 aliphatic heterocycles. The van der Waals surface area contributed by atoms with Crippen molar-refractivity contribution in [3.05, 3.63) is 68.5 Å². The summed E-state index contributed by atoms with van der Waals surface area (Å²) in [6.07, 6.45) is 4.72. The van der Waals surface area contributed by atoms with Gasteiger partial charge < -0.3 is 4.74 Å². The van der Waals surface area contributed by atoms with Crippen LogP contribution in [0.25, 0.3) is 36.4 Å². The molecule has 0 aliphatic rings. The summed E-state index contributed by atoms with van der Waals surface area (Å²) < 4.78 is 26.6. The largest absolute Gasteiger partial charge is 0.494 e. The van der Waals surface area contributed by atoms with Crippen LogP contribution < -0.4 is 16.0 Å². The molecule has 34 heavy (non-hydrogen) atoms. The van der Waals surface area contributed by atoms with Gasteiger partial charge in [0.1, 0.15) is 4.70 Å². The number of hydrogen-bond acceptors (Lipinski definition) is 8. The number of aryl methyl sites for hydroxylation is 1. The first-order valence-corrected chi connectivity index (χ1v) is 11.8. The van der Waals surface area contributed by atoms with E-state index >= 15 is 0 Å². The Labute approximate surface area is 203 Å². The molecule has 170 valence electrons. The topological polar surface area (TPSA) is 103 Å². The number of hydrogen-bond donors (Lipinski definition) is 0. The zero-order valence-corrected chi connectivity index (χ0v) is 19.8. The van der Waals surface area contributed by atoms with E-state index in [1.165, 1.54) is 23.9 Å². The first-order chi connectivity index (χ1) is 16.4.